The topological polar surface area (TPSA) is 54.3 Å². The molecule has 0 aliphatic carbocycles. The van der Waals surface area contributed by atoms with Gasteiger partial charge < -0.3 is 14.8 Å². The number of benzene rings is 2. The van der Waals surface area contributed by atoms with Gasteiger partial charge in [-0.25, -0.2) is 0 Å². The molecule has 0 saturated heterocycles. The Kier molecular flexibility index (Phi) is 3.89. The molecule has 2 aromatic carbocycles. The number of anilines is 2. The van der Waals surface area contributed by atoms with Crippen molar-refractivity contribution in [1.82, 2.24) is 0 Å². The van der Waals surface area contributed by atoms with Crippen molar-refractivity contribution in [3.8, 4) is 17.6 Å². The lowest BCUT2D eigenvalue weighted by Gasteiger charge is -2.10. The number of nitrogens with one attached hydrogen (secondary N) is 1. The quantitative estimate of drug-likeness (QED) is 0.909. The molecule has 0 amide bonds. The van der Waals surface area contributed by atoms with Gasteiger partial charge in [-0.1, -0.05) is 0 Å². The molecule has 2 rings (SSSR count). The first-order valence-corrected chi connectivity index (χ1v) is 5.76. The van der Waals surface area contributed by atoms with E-state index < -0.39 is 0 Å². The van der Waals surface area contributed by atoms with E-state index in [1.807, 2.05) is 24.3 Å². The molecule has 0 aliphatic rings. The minimum absolute atomic E-state index is 0.566. The molecule has 0 saturated carbocycles. The maximum Gasteiger partial charge on any atom is 0.121 e. The van der Waals surface area contributed by atoms with Gasteiger partial charge in [-0.15, -0.1) is 0 Å². The summed E-state index contributed by atoms with van der Waals surface area (Å²) in [5.74, 6) is 1.49. The predicted molar refractivity (Wildman–Crippen MR) is 74.0 cm³/mol. The molecule has 2 aromatic rings. The van der Waals surface area contributed by atoms with E-state index in [4.69, 9.17) is 14.7 Å². The minimum Gasteiger partial charge on any atom is -0.497 e. The van der Waals surface area contributed by atoms with E-state index in [0.29, 0.717) is 17.0 Å². The van der Waals surface area contributed by atoms with Crippen LogP contribution in [0.3, 0.4) is 0 Å². The second-order valence-electron chi connectivity index (χ2n) is 3.88. The Balaban J connectivity index is 2.28. The molecule has 0 atom stereocenters. The van der Waals surface area contributed by atoms with Gasteiger partial charge in [-0.3, -0.25) is 0 Å². The predicted octanol–water partition coefficient (Wildman–Crippen LogP) is 3.32. The van der Waals surface area contributed by atoms with Crippen molar-refractivity contribution in [3.63, 3.8) is 0 Å². The Morgan fingerprint density at radius 1 is 0.947 bits per heavy atom. The summed E-state index contributed by atoms with van der Waals surface area (Å²) in [4.78, 5) is 0. The van der Waals surface area contributed by atoms with E-state index in [2.05, 4.69) is 11.4 Å². The highest BCUT2D eigenvalue weighted by Crippen LogP contribution is 2.26. The van der Waals surface area contributed by atoms with E-state index in [1.54, 1.807) is 32.4 Å². The molecule has 1 N–H and O–H groups in total. The molecule has 0 aliphatic heterocycles. The number of nitriles is 1. The molecule has 96 valence electrons. The van der Waals surface area contributed by atoms with Crippen LogP contribution in [0.5, 0.6) is 11.5 Å². The first-order chi connectivity index (χ1) is 9.26. The summed E-state index contributed by atoms with van der Waals surface area (Å²) < 4.78 is 10.3. The average Bonchev–Trinajstić information content (AvgIpc) is 2.48. The number of methoxy groups -OCH3 is 2. The molecular weight excluding hydrogens is 240 g/mol. The van der Waals surface area contributed by atoms with Crippen molar-refractivity contribution in [2.45, 2.75) is 0 Å². The van der Waals surface area contributed by atoms with Crippen molar-refractivity contribution in [3.05, 3.63) is 48.0 Å². The van der Waals surface area contributed by atoms with Crippen LogP contribution in [0.1, 0.15) is 5.56 Å². The van der Waals surface area contributed by atoms with Gasteiger partial charge in [-0.05, 0) is 36.4 Å². The third-order valence-electron chi connectivity index (χ3n) is 2.72. The summed E-state index contributed by atoms with van der Waals surface area (Å²) in [6.45, 7) is 0. The van der Waals surface area contributed by atoms with Crippen LogP contribution in [0.25, 0.3) is 0 Å². The Morgan fingerprint density at radius 3 is 2.16 bits per heavy atom. The Labute approximate surface area is 112 Å². The SMILES string of the molecule is COc1ccc(Nc2cc(OC)ccc2C#N)cc1. The summed E-state index contributed by atoms with van der Waals surface area (Å²) in [6.07, 6.45) is 0. The molecular formula is C15H14N2O2. The van der Waals surface area contributed by atoms with Crippen LogP contribution in [0, 0.1) is 11.3 Å². The van der Waals surface area contributed by atoms with Crippen molar-refractivity contribution < 1.29 is 9.47 Å². The summed E-state index contributed by atoms with van der Waals surface area (Å²) in [5.41, 5.74) is 2.16. The smallest absolute Gasteiger partial charge is 0.121 e. The fourth-order valence-electron chi connectivity index (χ4n) is 1.68. The molecule has 0 fully saturated rings. The third kappa shape index (κ3) is 2.96. The van der Waals surface area contributed by atoms with E-state index >= 15 is 0 Å². The van der Waals surface area contributed by atoms with Gasteiger partial charge in [0.05, 0.1) is 25.5 Å². The maximum absolute atomic E-state index is 9.09. The maximum atomic E-state index is 9.09. The largest absolute Gasteiger partial charge is 0.497 e. The normalized spacial score (nSPS) is 9.53. The van der Waals surface area contributed by atoms with Crippen LogP contribution in [0.2, 0.25) is 0 Å². The molecule has 0 unspecified atom stereocenters. The molecule has 19 heavy (non-hydrogen) atoms. The van der Waals surface area contributed by atoms with Gasteiger partial charge in [-0.2, -0.15) is 5.26 Å². The number of nitrogens with zero attached hydrogens (tertiary/aromatic N) is 1. The Morgan fingerprint density at radius 2 is 1.58 bits per heavy atom. The minimum atomic E-state index is 0.566. The van der Waals surface area contributed by atoms with Gasteiger partial charge in [0, 0.05) is 11.8 Å². The van der Waals surface area contributed by atoms with E-state index in [9.17, 15) is 0 Å². The highest BCUT2D eigenvalue weighted by atomic mass is 16.5. The van der Waals surface area contributed by atoms with Gasteiger partial charge in [0.15, 0.2) is 0 Å². The van der Waals surface area contributed by atoms with Crippen molar-refractivity contribution >= 4 is 11.4 Å². The first-order valence-electron chi connectivity index (χ1n) is 5.76. The average molecular weight is 254 g/mol. The highest BCUT2D eigenvalue weighted by Gasteiger charge is 2.04. The number of hydrogen-bond acceptors (Lipinski definition) is 4. The van der Waals surface area contributed by atoms with Crippen LogP contribution < -0.4 is 14.8 Å². The van der Waals surface area contributed by atoms with E-state index in [1.165, 1.54) is 0 Å². The molecule has 4 heteroatoms. The lowest BCUT2D eigenvalue weighted by molar-refractivity contribution is 0.414. The van der Waals surface area contributed by atoms with Crippen LogP contribution in [-0.2, 0) is 0 Å². The second-order valence-corrected chi connectivity index (χ2v) is 3.88. The molecule has 0 heterocycles. The van der Waals surface area contributed by atoms with E-state index in [-0.39, 0.29) is 0 Å². The number of ether oxygens (including phenoxy) is 2. The summed E-state index contributed by atoms with van der Waals surface area (Å²) in [5, 5.41) is 12.3. The van der Waals surface area contributed by atoms with Crippen molar-refractivity contribution in [2.75, 3.05) is 19.5 Å². The van der Waals surface area contributed by atoms with Crippen molar-refractivity contribution in [1.29, 1.82) is 5.26 Å². The summed E-state index contributed by atoms with van der Waals surface area (Å²) in [7, 11) is 3.22. The van der Waals surface area contributed by atoms with Gasteiger partial charge in [0.25, 0.3) is 0 Å². The highest BCUT2D eigenvalue weighted by molar-refractivity contribution is 5.68. The van der Waals surface area contributed by atoms with Crippen LogP contribution in [0.4, 0.5) is 11.4 Å². The van der Waals surface area contributed by atoms with Crippen LogP contribution in [0.15, 0.2) is 42.5 Å². The molecule has 0 radical (unpaired) electrons. The van der Waals surface area contributed by atoms with Crippen LogP contribution in [-0.4, -0.2) is 14.2 Å². The summed E-state index contributed by atoms with van der Waals surface area (Å²) >= 11 is 0. The van der Waals surface area contributed by atoms with Gasteiger partial charge >= 0.3 is 0 Å². The molecule has 4 nitrogen and oxygen atoms in total. The monoisotopic (exact) mass is 254 g/mol. The molecule has 0 bridgehead atoms. The fraction of sp³-hybridized carbons (Fsp3) is 0.133. The van der Waals surface area contributed by atoms with Gasteiger partial charge in [0.2, 0.25) is 0 Å². The lowest BCUT2D eigenvalue weighted by atomic mass is 10.1. The first kappa shape index (κ1) is 12.8. The van der Waals surface area contributed by atoms with Gasteiger partial charge in [0.1, 0.15) is 17.6 Å². The second kappa shape index (κ2) is 5.78. The standard InChI is InChI=1S/C15H14N2O2/c1-18-13-7-4-12(5-8-13)17-15-9-14(19-2)6-3-11(15)10-16/h3-9,17H,1-2H3. The Hall–Kier alpha value is -2.67. The zero-order valence-corrected chi connectivity index (χ0v) is 10.8. The molecule has 0 spiro atoms. The molecule has 0 aromatic heterocycles. The summed E-state index contributed by atoms with van der Waals surface area (Å²) in [6, 6.07) is 14.9. The number of hydrogen-bond donors (Lipinski definition) is 1. The lowest BCUT2D eigenvalue weighted by Crippen LogP contribution is -1.95. The zero-order valence-electron chi connectivity index (χ0n) is 10.8. The van der Waals surface area contributed by atoms with Crippen LogP contribution >= 0.6 is 0 Å². The van der Waals surface area contributed by atoms with E-state index in [0.717, 1.165) is 11.4 Å². The fourth-order valence-corrected chi connectivity index (χ4v) is 1.68. The third-order valence-corrected chi connectivity index (χ3v) is 2.72. The Bertz CT molecular complexity index is 601. The van der Waals surface area contributed by atoms with Crippen molar-refractivity contribution in [2.24, 2.45) is 0 Å². The zero-order chi connectivity index (χ0) is 13.7. The number of rotatable bonds is 4.